The fraction of sp³-hybridized carbons (Fsp3) is 0.364. The molecule has 2 nitrogen and oxygen atoms in total. The van der Waals surface area contributed by atoms with Gasteiger partial charge in [0.2, 0.25) is 0 Å². The number of rotatable bonds is 2. The molecule has 1 aliphatic heterocycles. The van der Waals surface area contributed by atoms with Crippen LogP contribution < -0.4 is 0 Å². The topological polar surface area (TPSA) is 21.6 Å². The van der Waals surface area contributed by atoms with Crippen LogP contribution in [-0.2, 0) is 4.84 Å². The molecule has 1 aliphatic rings. The minimum absolute atomic E-state index is 0.149. The Labute approximate surface area is 78.2 Å². The van der Waals surface area contributed by atoms with Gasteiger partial charge in [0.05, 0.1) is 5.71 Å². The van der Waals surface area contributed by atoms with Crippen molar-refractivity contribution in [1.82, 2.24) is 0 Å². The summed E-state index contributed by atoms with van der Waals surface area (Å²) in [6, 6.07) is 10.2. The van der Waals surface area contributed by atoms with Crippen LogP contribution in [0, 0.1) is 0 Å². The lowest BCUT2D eigenvalue weighted by molar-refractivity contribution is 0.0857. The maximum atomic E-state index is 5.33. The minimum atomic E-state index is 0.149. The van der Waals surface area contributed by atoms with Gasteiger partial charge in [0.1, 0.15) is 0 Å². The Hall–Kier alpha value is -1.31. The Balaban J connectivity index is 2.07. The second kappa shape index (κ2) is 3.60. The van der Waals surface area contributed by atoms with Crippen molar-refractivity contribution in [3.63, 3.8) is 0 Å². The maximum absolute atomic E-state index is 5.33. The van der Waals surface area contributed by atoms with Gasteiger partial charge < -0.3 is 4.84 Å². The molecule has 1 aromatic carbocycles. The van der Waals surface area contributed by atoms with Gasteiger partial charge in [-0.2, -0.15) is 0 Å². The molecule has 0 bridgehead atoms. The summed E-state index contributed by atoms with van der Waals surface area (Å²) in [5.41, 5.74) is 2.38. The second-order valence-electron chi connectivity index (χ2n) is 3.22. The van der Waals surface area contributed by atoms with Gasteiger partial charge in [0.15, 0.2) is 6.10 Å². The minimum Gasteiger partial charge on any atom is -0.387 e. The highest BCUT2D eigenvalue weighted by Crippen LogP contribution is 2.27. The van der Waals surface area contributed by atoms with Crippen LogP contribution in [0.4, 0.5) is 0 Å². The molecule has 2 rings (SSSR count). The maximum Gasteiger partial charge on any atom is 0.157 e. The van der Waals surface area contributed by atoms with Crippen LogP contribution in [0.2, 0.25) is 0 Å². The van der Waals surface area contributed by atoms with Crippen LogP contribution in [0.3, 0.4) is 0 Å². The summed E-state index contributed by atoms with van der Waals surface area (Å²) in [7, 11) is 0. The van der Waals surface area contributed by atoms with E-state index in [1.165, 1.54) is 5.56 Å². The van der Waals surface area contributed by atoms with E-state index in [1.54, 1.807) is 0 Å². The fourth-order valence-electron chi connectivity index (χ4n) is 1.48. The van der Waals surface area contributed by atoms with E-state index in [9.17, 15) is 0 Å². The highest BCUT2D eigenvalue weighted by molar-refractivity contribution is 5.85. The van der Waals surface area contributed by atoms with E-state index in [-0.39, 0.29) is 6.10 Å². The third-order valence-corrected chi connectivity index (χ3v) is 2.31. The summed E-state index contributed by atoms with van der Waals surface area (Å²) in [5, 5.41) is 4.03. The van der Waals surface area contributed by atoms with E-state index in [2.05, 4.69) is 24.2 Å². The molecule has 0 amide bonds. The Morgan fingerprint density at radius 3 is 2.77 bits per heavy atom. The van der Waals surface area contributed by atoms with Crippen molar-refractivity contribution in [3.05, 3.63) is 35.9 Å². The zero-order valence-corrected chi connectivity index (χ0v) is 7.73. The molecular formula is C11H13NO. The molecular weight excluding hydrogens is 162 g/mol. The monoisotopic (exact) mass is 175 g/mol. The van der Waals surface area contributed by atoms with Gasteiger partial charge >= 0.3 is 0 Å². The average molecular weight is 175 g/mol. The van der Waals surface area contributed by atoms with Gasteiger partial charge in [-0.25, -0.2) is 0 Å². The predicted octanol–water partition coefficient (Wildman–Crippen LogP) is 2.91. The Morgan fingerprint density at radius 2 is 2.15 bits per heavy atom. The van der Waals surface area contributed by atoms with Crippen molar-refractivity contribution < 1.29 is 4.84 Å². The Morgan fingerprint density at radius 1 is 1.38 bits per heavy atom. The zero-order valence-electron chi connectivity index (χ0n) is 7.73. The molecule has 0 aromatic heterocycles. The van der Waals surface area contributed by atoms with Gasteiger partial charge in [-0.3, -0.25) is 0 Å². The summed E-state index contributed by atoms with van der Waals surface area (Å²) >= 11 is 0. The van der Waals surface area contributed by atoms with E-state index in [1.807, 2.05) is 18.2 Å². The lowest BCUT2D eigenvalue weighted by Crippen LogP contribution is -1.98. The largest absolute Gasteiger partial charge is 0.387 e. The highest BCUT2D eigenvalue weighted by atomic mass is 16.6. The first-order valence-corrected chi connectivity index (χ1v) is 4.66. The number of hydrogen-bond acceptors (Lipinski definition) is 2. The lowest BCUT2D eigenvalue weighted by Gasteiger charge is -2.06. The zero-order chi connectivity index (χ0) is 9.10. The van der Waals surface area contributed by atoms with Gasteiger partial charge in [0, 0.05) is 6.42 Å². The van der Waals surface area contributed by atoms with Gasteiger partial charge in [-0.05, 0) is 12.0 Å². The molecule has 68 valence electrons. The number of nitrogens with zero attached hydrogens (tertiary/aromatic N) is 1. The normalized spacial score (nSPS) is 21.0. The molecule has 1 atom stereocenters. The summed E-state index contributed by atoms with van der Waals surface area (Å²) in [5.74, 6) is 0. The molecule has 0 aliphatic carbocycles. The van der Waals surface area contributed by atoms with Gasteiger partial charge in [-0.15, -0.1) is 0 Å². The molecule has 0 radical (unpaired) electrons. The fourth-order valence-corrected chi connectivity index (χ4v) is 1.48. The van der Waals surface area contributed by atoms with Crippen LogP contribution in [-0.4, -0.2) is 5.71 Å². The first-order valence-electron chi connectivity index (χ1n) is 4.66. The van der Waals surface area contributed by atoms with Crippen molar-refractivity contribution in [1.29, 1.82) is 0 Å². The lowest BCUT2D eigenvalue weighted by atomic mass is 10.0. The van der Waals surface area contributed by atoms with E-state index in [0.717, 1.165) is 18.6 Å². The number of benzene rings is 1. The summed E-state index contributed by atoms with van der Waals surface area (Å²) in [4.78, 5) is 5.33. The van der Waals surface area contributed by atoms with Crippen LogP contribution in [0.5, 0.6) is 0 Å². The standard InChI is InChI=1S/C11H13NO/c1-2-10-8-11(13-12-10)9-6-4-3-5-7-9/h3-7,11H,2,8H2,1H3/t11-/m1/s1. The Kier molecular flexibility index (Phi) is 2.30. The highest BCUT2D eigenvalue weighted by Gasteiger charge is 2.20. The molecule has 0 saturated carbocycles. The van der Waals surface area contributed by atoms with Crippen LogP contribution in [0.1, 0.15) is 31.4 Å². The first kappa shape index (κ1) is 8.30. The summed E-state index contributed by atoms with van der Waals surface area (Å²) in [6.07, 6.45) is 2.08. The molecule has 0 fully saturated rings. The van der Waals surface area contributed by atoms with E-state index in [0.29, 0.717) is 0 Å². The third-order valence-electron chi connectivity index (χ3n) is 2.31. The van der Waals surface area contributed by atoms with Crippen LogP contribution in [0.15, 0.2) is 35.5 Å². The summed E-state index contributed by atoms with van der Waals surface area (Å²) in [6.45, 7) is 2.11. The molecule has 1 aromatic rings. The van der Waals surface area contributed by atoms with Crippen molar-refractivity contribution in [3.8, 4) is 0 Å². The van der Waals surface area contributed by atoms with E-state index >= 15 is 0 Å². The number of hydrogen-bond donors (Lipinski definition) is 0. The van der Waals surface area contributed by atoms with Crippen molar-refractivity contribution >= 4 is 5.71 Å². The van der Waals surface area contributed by atoms with Crippen molar-refractivity contribution in [2.75, 3.05) is 0 Å². The molecule has 13 heavy (non-hydrogen) atoms. The second-order valence-corrected chi connectivity index (χ2v) is 3.22. The van der Waals surface area contributed by atoms with Crippen molar-refractivity contribution in [2.45, 2.75) is 25.9 Å². The molecule has 1 heterocycles. The average Bonchev–Trinajstić information content (AvgIpc) is 2.67. The SMILES string of the molecule is CCC1=NO[C@@H](c2ccccc2)C1. The van der Waals surface area contributed by atoms with E-state index in [4.69, 9.17) is 4.84 Å². The first-order chi connectivity index (χ1) is 6.40. The number of oxime groups is 1. The Bertz CT molecular complexity index is 305. The van der Waals surface area contributed by atoms with Crippen LogP contribution in [0.25, 0.3) is 0 Å². The molecule has 0 spiro atoms. The van der Waals surface area contributed by atoms with Crippen molar-refractivity contribution in [2.24, 2.45) is 5.16 Å². The van der Waals surface area contributed by atoms with Gasteiger partial charge in [0.25, 0.3) is 0 Å². The molecule has 0 unspecified atom stereocenters. The molecule has 0 saturated heterocycles. The molecule has 2 heteroatoms. The molecule has 0 N–H and O–H groups in total. The quantitative estimate of drug-likeness (QED) is 0.677. The van der Waals surface area contributed by atoms with Crippen LogP contribution >= 0.6 is 0 Å². The predicted molar refractivity (Wildman–Crippen MR) is 52.6 cm³/mol. The summed E-state index contributed by atoms with van der Waals surface area (Å²) < 4.78 is 0. The van der Waals surface area contributed by atoms with E-state index < -0.39 is 0 Å². The van der Waals surface area contributed by atoms with Gasteiger partial charge in [-0.1, -0.05) is 42.4 Å². The third kappa shape index (κ3) is 1.72. The smallest absolute Gasteiger partial charge is 0.157 e.